The zero-order chi connectivity index (χ0) is 25.8. The average Bonchev–Trinajstić information content (AvgIpc) is 2.85. The van der Waals surface area contributed by atoms with Gasteiger partial charge in [-0.15, -0.1) is 0 Å². The summed E-state index contributed by atoms with van der Waals surface area (Å²) in [7, 11) is 2.05. The molecule has 190 valence electrons. The lowest BCUT2D eigenvalue weighted by Gasteiger charge is -2.37. The number of aliphatic hydroxyl groups excluding tert-OH is 1. The number of carbonyl (C=O) groups excluding carboxylic acids is 1. The van der Waals surface area contributed by atoms with Gasteiger partial charge in [-0.1, -0.05) is 48.9 Å². The minimum absolute atomic E-state index is 0.000699. The molecule has 0 bridgehead atoms. The quantitative estimate of drug-likeness (QED) is 0.525. The Morgan fingerprint density at radius 2 is 1.97 bits per heavy atom. The van der Waals surface area contributed by atoms with Crippen LogP contribution in [0.5, 0.6) is 5.88 Å². The van der Waals surface area contributed by atoms with Crippen molar-refractivity contribution in [1.82, 2.24) is 14.8 Å². The summed E-state index contributed by atoms with van der Waals surface area (Å²) in [5.74, 6) is -0.352. The number of fused-ring (bicyclic) bond motifs is 1. The lowest BCUT2D eigenvalue weighted by atomic mass is 9.99. The van der Waals surface area contributed by atoms with E-state index >= 15 is 0 Å². The molecule has 7 heteroatoms. The molecular weight excluding hydrogens is 457 g/mol. The number of ether oxygens (including phenoxy) is 1. The Morgan fingerprint density at radius 1 is 1.19 bits per heavy atom. The molecule has 1 amide bonds. The number of aryl methyl sites for hydroxylation is 1. The van der Waals surface area contributed by atoms with Gasteiger partial charge in [0.15, 0.2) is 0 Å². The summed E-state index contributed by atoms with van der Waals surface area (Å²) < 4.78 is 20.2. The minimum atomic E-state index is -0.366. The molecule has 0 aliphatic carbocycles. The lowest BCUT2D eigenvalue weighted by molar-refractivity contribution is 0.0325. The number of pyridine rings is 1. The highest BCUT2D eigenvalue weighted by Gasteiger charge is 2.34. The Hall–Kier alpha value is -3.29. The van der Waals surface area contributed by atoms with Crippen molar-refractivity contribution in [1.29, 1.82) is 0 Å². The van der Waals surface area contributed by atoms with Gasteiger partial charge in [0.2, 0.25) is 5.88 Å². The first-order chi connectivity index (χ1) is 17.2. The van der Waals surface area contributed by atoms with Gasteiger partial charge < -0.3 is 14.7 Å². The number of hydrogen-bond acceptors (Lipinski definition) is 5. The maximum atomic E-state index is 13.8. The fourth-order valence-corrected chi connectivity index (χ4v) is 4.64. The zero-order valence-corrected chi connectivity index (χ0v) is 21.3. The highest BCUT2D eigenvalue weighted by Crippen LogP contribution is 2.30. The number of amides is 1. The Morgan fingerprint density at radius 3 is 2.69 bits per heavy atom. The molecule has 6 nitrogen and oxygen atoms in total. The van der Waals surface area contributed by atoms with Crippen LogP contribution in [-0.2, 0) is 6.54 Å². The van der Waals surface area contributed by atoms with E-state index < -0.39 is 0 Å². The maximum absolute atomic E-state index is 13.8. The van der Waals surface area contributed by atoms with Gasteiger partial charge in [-0.25, -0.2) is 9.37 Å². The number of aromatic nitrogens is 1. The van der Waals surface area contributed by atoms with Crippen LogP contribution < -0.4 is 4.74 Å². The molecule has 2 heterocycles. The normalized spacial score (nSPS) is 18.9. The second kappa shape index (κ2) is 11.2. The van der Waals surface area contributed by atoms with E-state index in [4.69, 9.17) is 4.74 Å². The Balaban J connectivity index is 1.65. The van der Waals surface area contributed by atoms with Crippen LogP contribution >= 0.6 is 0 Å². The molecule has 0 saturated heterocycles. The van der Waals surface area contributed by atoms with Crippen LogP contribution in [0.4, 0.5) is 4.39 Å². The Labute approximate surface area is 212 Å². The molecule has 0 fully saturated rings. The van der Waals surface area contributed by atoms with Gasteiger partial charge in [-0.3, -0.25) is 9.69 Å². The van der Waals surface area contributed by atoms with Gasteiger partial charge >= 0.3 is 0 Å². The van der Waals surface area contributed by atoms with Gasteiger partial charge in [0.05, 0.1) is 12.6 Å². The van der Waals surface area contributed by atoms with Gasteiger partial charge in [0, 0.05) is 37.3 Å². The summed E-state index contributed by atoms with van der Waals surface area (Å²) >= 11 is 0. The number of likely N-dealkylation sites (N-methyl/N-ethyl adjacent to an activating group) is 1. The number of rotatable bonds is 7. The summed E-state index contributed by atoms with van der Waals surface area (Å²) in [4.78, 5) is 22.0. The van der Waals surface area contributed by atoms with E-state index in [1.807, 2.05) is 6.92 Å². The second-order valence-electron chi connectivity index (χ2n) is 9.90. The largest absolute Gasteiger partial charge is 0.472 e. The van der Waals surface area contributed by atoms with Gasteiger partial charge in [-0.2, -0.15) is 0 Å². The highest BCUT2D eigenvalue weighted by molar-refractivity contribution is 5.98. The van der Waals surface area contributed by atoms with Crippen LogP contribution in [0.3, 0.4) is 0 Å². The molecule has 1 aliphatic heterocycles. The van der Waals surface area contributed by atoms with Crippen molar-refractivity contribution in [2.45, 2.75) is 39.5 Å². The van der Waals surface area contributed by atoms with E-state index in [1.54, 1.807) is 29.3 Å². The molecule has 0 saturated carbocycles. The molecule has 2 aromatic carbocycles. The van der Waals surface area contributed by atoms with Gasteiger partial charge in [-0.05, 0) is 50.2 Å². The minimum Gasteiger partial charge on any atom is -0.472 e. The average molecular weight is 492 g/mol. The number of nitrogens with zero attached hydrogens (tertiary/aromatic N) is 3. The molecule has 1 N–H and O–H groups in total. The molecule has 0 radical (unpaired) electrons. The van der Waals surface area contributed by atoms with Gasteiger partial charge in [0.1, 0.15) is 17.5 Å². The van der Waals surface area contributed by atoms with Crippen LogP contribution in [0, 0.1) is 18.7 Å². The third-order valence-corrected chi connectivity index (χ3v) is 6.71. The van der Waals surface area contributed by atoms with Crippen molar-refractivity contribution in [3.05, 3.63) is 83.3 Å². The topological polar surface area (TPSA) is 65.9 Å². The monoisotopic (exact) mass is 491 g/mol. The first-order valence-corrected chi connectivity index (χ1v) is 12.3. The van der Waals surface area contributed by atoms with Crippen LogP contribution in [0.15, 0.2) is 60.8 Å². The summed E-state index contributed by atoms with van der Waals surface area (Å²) in [6.45, 7) is 7.66. The first-order valence-electron chi connectivity index (χ1n) is 12.3. The molecule has 36 heavy (non-hydrogen) atoms. The van der Waals surface area contributed by atoms with Crippen LogP contribution in [0.25, 0.3) is 11.1 Å². The summed E-state index contributed by atoms with van der Waals surface area (Å²) in [6.07, 6.45) is 1.38. The van der Waals surface area contributed by atoms with E-state index in [9.17, 15) is 14.3 Å². The predicted octanol–water partition coefficient (Wildman–Crippen LogP) is 4.55. The fourth-order valence-electron chi connectivity index (χ4n) is 4.64. The van der Waals surface area contributed by atoms with Crippen LogP contribution in [0.2, 0.25) is 0 Å². The Kier molecular flexibility index (Phi) is 8.01. The second-order valence-corrected chi connectivity index (χ2v) is 9.90. The van der Waals surface area contributed by atoms with Crippen molar-refractivity contribution < 1.29 is 19.0 Å². The fraction of sp³-hybridized carbons (Fsp3) is 0.379. The van der Waals surface area contributed by atoms with Crippen molar-refractivity contribution in [3.63, 3.8) is 0 Å². The molecule has 0 unspecified atom stereocenters. The van der Waals surface area contributed by atoms with Crippen molar-refractivity contribution in [2.24, 2.45) is 5.92 Å². The molecular formula is C29H34FN3O3. The van der Waals surface area contributed by atoms with E-state index in [-0.39, 0.29) is 42.3 Å². The molecule has 1 aromatic heterocycles. The summed E-state index contributed by atoms with van der Waals surface area (Å²) in [5.41, 5.74) is 4.01. The number of aliphatic hydroxyl groups is 1. The van der Waals surface area contributed by atoms with Crippen molar-refractivity contribution in [2.75, 3.05) is 26.7 Å². The van der Waals surface area contributed by atoms with E-state index in [0.29, 0.717) is 29.8 Å². The standard InChI is InChI=1S/C29H34FN3O3/c1-19-7-5-8-22(11-19)16-32(4)17-27-20(2)15-33(21(3)18-34)29(35)26-13-24(14-31-28(26)36-27)23-9-6-10-25(30)12-23/h5-14,20-21,27,34H,15-18H2,1-4H3/t20-,21+,27-/m0/s1. The smallest absolute Gasteiger partial charge is 0.259 e. The lowest BCUT2D eigenvalue weighted by Crippen LogP contribution is -2.49. The summed E-state index contributed by atoms with van der Waals surface area (Å²) in [6, 6.07) is 16.0. The molecule has 3 atom stereocenters. The molecule has 3 aromatic rings. The third kappa shape index (κ3) is 5.91. The van der Waals surface area contributed by atoms with Crippen LogP contribution in [0.1, 0.15) is 35.3 Å². The SMILES string of the molecule is Cc1cccc(CN(C)C[C@@H]2Oc3ncc(-c4cccc(F)c4)cc3C(=O)N([C@H](C)CO)C[C@@H]2C)c1. The number of carbonyl (C=O) groups is 1. The van der Waals surface area contributed by atoms with E-state index in [2.05, 4.69) is 55.0 Å². The zero-order valence-electron chi connectivity index (χ0n) is 21.3. The van der Waals surface area contributed by atoms with Gasteiger partial charge in [0.25, 0.3) is 5.91 Å². The number of benzene rings is 2. The first kappa shape index (κ1) is 25.8. The predicted molar refractivity (Wildman–Crippen MR) is 138 cm³/mol. The van der Waals surface area contributed by atoms with Crippen LogP contribution in [-0.4, -0.2) is 64.7 Å². The molecule has 4 rings (SSSR count). The summed E-state index contributed by atoms with van der Waals surface area (Å²) in [5, 5.41) is 9.87. The van der Waals surface area contributed by atoms with E-state index in [1.165, 1.54) is 23.3 Å². The third-order valence-electron chi connectivity index (χ3n) is 6.71. The molecule has 0 spiro atoms. The molecule has 1 aliphatic rings. The van der Waals surface area contributed by atoms with E-state index in [0.717, 1.165) is 6.54 Å². The maximum Gasteiger partial charge on any atom is 0.259 e. The van der Waals surface area contributed by atoms with Crippen molar-refractivity contribution >= 4 is 5.91 Å². The Bertz CT molecular complexity index is 1220. The highest BCUT2D eigenvalue weighted by atomic mass is 19.1. The number of hydrogen-bond donors (Lipinski definition) is 1. The van der Waals surface area contributed by atoms with Crippen molar-refractivity contribution in [3.8, 4) is 17.0 Å². The number of halogens is 1.